The second-order valence-corrected chi connectivity index (χ2v) is 18.7. The molecule has 2 heterocycles. The SMILES string of the molecule is CC(=O)OC[C@H]1O[C@@H](n2cc(/C=[CH]/[Ge]([c]3ccccc3)([c]3ccccc3)[c]3ccccc3)c(=O)[nH]c2=O)[C@@H](OC(C)=O)[C@@H]1OC(C)=O. The van der Waals surface area contributed by atoms with Crippen LogP contribution >= 0.6 is 0 Å². The van der Waals surface area contributed by atoms with Crippen molar-refractivity contribution < 1.29 is 33.3 Å². The number of carbonyl (C=O) groups excluding carboxylic acids is 3. The molecule has 1 aromatic heterocycles. The number of H-pyrrole nitrogens is 1. The predicted octanol–water partition coefficient (Wildman–Crippen LogP) is 1.58. The van der Waals surface area contributed by atoms with Gasteiger partial charge in [-0.2, -0.15) is 0 Å². The fourth-order valence-corrected chi connectivity index (χ4v) is 14.6. The molecule has 11 nitrogen and oxygen atoms in total. The summed E-state index contributed by atoms with van der Waals surface area (Å²) in [6.07, 6.45) is -1.89. The summed E-state index contributed by atoms with van der Waals surface area (Å²) in [5, 5.41) is 0. The molecule has 1 saturated heterocycles. The van der Waals surface area contributed by atoms with Crippen LogP contribution in [0.25, 0.3) is 6.08 Å². The molecule has 0 radical (unpaired) electrons. The Hall–Kier alpha value is -5.01. The summed E-state index contributed by atoms with van der Waals surface area (Å²) in [5.41, 5.74) is -1.34. The number of hydrogen-bond acceptors (Lipinski definition) is 9. The summed E-state index contributed by atoms with van der Waals surface area (Å²) < 4.78 is 26.5. The van der Waals surface area contributed by atoms with Gasteiger partial charge in [0, 0.05) is 0 Å². The molecule has 1 N–H and O–H groups in total. The van der Waals surface area contributed by atoms with Crippen LogP contribution < -0.4 is 24.4 Å². The molecular weight excluding hydrogens is 665 g/mol. The Morgan fingerprint density at radius 2 is 1.26 bits per heavy atom. The Kier molecular flexibility index (Phi) is 10.4. The van der Waals surface area contributed by atoms with Gasteiger partial charge >= 0.3 is 274 Å². The van der Waals surface area contributed by atoms with Crippen LogP contribution in [0.5, 0.6) is 0 Å². The summed E-state index contributed by atoms with van der Waals surface area (Å²) in [5.74, 6) is -2.04. The van der Waals surface area contributed by atoms with Gasteiger partial charge in [0.15, 0.2) is 0 Å². The van der Waals surface area contributed by atoms with Gasteiger partial charge in [0.1, 0.15) is 0 Å². The van der Waals surface area contributed by atoms with E-state index in [1.165, 1.54) is 20.0 Å². The number of aromatic amines is 1. The van der Waals surface area contributed by atoms with Gasteiger partial charge < -0.3 is 0 Å². The van der Waals surface area contributed by atoms with Gasteiger partial charge in [-0.25, -0.2) is 0 Å². The van der Waals surface area contributed by atoms with Crippen molar-refractivity contribution >= 4 is 50.4 Å². The third kappa shape index (κ3) is 7.36. The van der Waals surface area contributed by atoms with Crippen LogP contribution in [0.3, 0.4) is 0 Å². The summed E-state index contributed by atoms with van der Waals surface area (Å²) in [4.78, 5) is 66.7. The van der Waals surface area contributed by atoms with Crippen molar-refractivity contribution in [1.82, 2.24) is 9.55 Å². The molecule has 47 heavy (non-hydrogen) atoms. The van der Waals surface area contributed by atoms with E-state index in [4.69, 9.17) is 18.9 Å². The molecule has 12 heteroatoms. The van der Waals surface area contributed by atoms with Crippen molar-refractivity contribution in [3.63, 3.8) is 0 Å². The van der Waals surface area contributed by atoms with E-state index in [9.17, 15) is 24.0 Å². The third-order valence-corrected chi connectivity index (χ3v) is 17.0. The molecule has 0 spiro atoms. The van der Waals surface area contributed by atoms with E-state index in [0.29, 0.717) is 0 Å². The van der Waals surface area contributed by atoms with E-state index in [2.05, 4.69) is 46.3 Å². The number of nitrogens with zero attached hydrogens (tertiary/aromatic N) is 1. The molecular formula is C35H34GeN2O9. The van der Waals surface area contributed by atoms with Gasteiger partial charge in [-0.3, -0.25) is 0 Å². The van der Waals surface area contributed by atoms with Crippen molar-refractivity contribution in [3.8, 4) is 0 Å². The Morgan fingerprint density at radius 3 is 1.72 bits per heavy atom. The van der Waals surface area contributed by atoms with Crippen molar-refractivity contribution in [3.05, 3.63) is 129 Å². The summed E-state index contributed by atoms with van der Waals surface area (Å²) in [7, 11) is 0. The molecule has 0 aliphatic carbocycles. The van der Waals surface area contributed by atoms with Crippen LogP contribution in [0.15, 0.2) is 112 Å². The van der Waals surface area contributed by atoms with Crippen molar-refractivity contribution in [2.24, 2.45) is 0 Å². The van der Waals surface area contributed by atoms with Gasteiger partial charge in [-0.1, -0.05) is 0 Å². The zero-order valence-corrected chi connectivity index (χ0v) is 28.1. The Labute approximate surface area is 273 Å². The van der Waals surface area contributed by atoms with Gasteiger partial charge in [0.2, 0.25) is 0 Å². The van der Waals surface area contributed by atoms with E-state index in [-0.39, 0.29) is 12.2 Å². The number of nitrogens with one attached hydrogen (secondary N) is 1. The topological polar surface area (TPSA) is 143 Å². The normalized spacial score (nSPS) is 19.3. The van der Waals surface area contributed by atoms with Crippen LogP contribution in [0.1, 0.15) is 32.6 Å². The molecule has 4 atom stereocenters. The van der Waals surface area contributed by atoms with Gasteiger partial charge in [0.25, 0.3) is 0 Å². The van der Waals surface area contributed by atoms with Gasteiger partial charge in [-0.15, -0.1) is 0 Å². The average molecular weight is 699 g/mol. The maximum atomic E-state index is 13.3. The molecule has 3 aromatic carbocycles. The molecule has 4 aromatic rings. The maximum absolute atomic E-state index is 13.3. The van der Waals surface area contributed by atoms with Crippen molar-refractivity contribution in [2.75, 3.05) is 6.61 Å². The number of esters is 3. The van der Waals surface area contributed by atoms with Crippen LogP contribution in [0, 0.1) is 0 Å². The first-order chi connectivity index (χ1) is 22.6. The zero-order chi connectivity index (χ0) is 33.6. The number of carbonyl (C=O) groups is 3. The third-order valence-electron chi connectivity index (χ3n) is 7.81. The molecule has 0 unspecified atom stereocenters. The fourth-order valence-electron chi connectivity index (χ4n) is 5.83. The monoisotopic (exact) mass is 700 g/mol. The number of rotatable bonds is 10. The first-order valence-corrected chi connectivity index (χ1v) is 19.3. The molecule has 1 aliphatic rings. The number of aromatic nitrogens is 2. The fraction of sp³-hybridized carbons (Fsp3) is 0.229. The predicted molar refractivity (Wildman–Crippen MR) is 176 cm³/mol. The minimum atomic E-state index is -3.64. The van der Waals surface area contributed by atoms with E-state index in [1.807, 2.05) is 54.6 Å². The Balaban J connectivity index is 1.65. The van der Waals surface area contributed by atoms with Gasteiger partial charge in [0.05, 0.1) is 0 Å². The van der Waals surface area contributed by atoms with Crippen LogP contribution in [-0.4, -0.2) is 65.6 Å². The van der Waals surface area contributed by atoms with Crippen LogP contribution in [0.2, 0.25) is 0 Å². The van der Waals surface area contributed by atoms with Crippen LogP contribution in [0.4, 0.5) is 0 Å². The first kappa shape index (κ1) is 33.4. The second-order valence-electron chi connectivity index (χ2n) is 11.0. The standard InChI is InChI=1S/C35H34GeN2O9/c1-23(39)44-22-30-31(45-24(2)40)32(46-25(3)41)34(47-30)38-21-26(33(42)37-35(38)43)19-20-36(27-13-7-4-8-14-27,28-15-9-5-10-16-28)29-17-11-6-12-18-29/h4-21,30-32,34H,22H2,1-3H3,(H,37,42,43)/b20-19+/t30-,31-,32+,34-/m1/s1. The molecule has 5 rings (SSSR count). The Morgan fingerprint density at radius 1 is 0.766 bits per heavy atom. The van der Waals surface area contributed by atoms with Crippen molar-refractivity contribution in [2.45, 2.75) is 45.3 Å². The number of hydrogen-bond donors (Lipinski definition) is 1. The van der Waals surface area contributed by atoms with Crippen molar-refractivity contribution in [1.29, 1.82) is 0 Å². The average Bonchev–Trinajstić information content (AvgIpc) is 3.37. The first-order valence-electron chi connectivity index (χ1n) is 14.9. The van der Waals surface area contributed by atoms with E-state index in [0.717, 1.165) is 24.7 Å². The number of ether oxygens (including phenoxy) is 4. The van der Waals surface area contributed by atoms with E-state index >= 15 is 0 Å². The minimum absolute atomic E-state index is 0.139. The molecule has 0 amide bonds. The molecule has 1 fully saturated rings. The summed E-state index contributed by atoms with van der Waals surface area (Å²) in [6, 6.07) is 30.3. The van der Waals surface area contributed by atoms with Crippen LogP contribution in [-0.2, 0) is 33.3 Å². The summed E-state index contributed by atoms with van der Waals surface area (Å²) >= 11 is -3.64. The van der Waals surface area contributed by atoms with Gasteiger partial charge in [-0.05, 0) is 0 Å². The molecule has 0 bridgehead atoms. The zero-order valence-electron chi connectivity index (χ0n) is 26.0. The second kappa shape index (κ2) is 14.6. The molecule has 0 saturated carbocycles. The van der Waals surface area contributed by atoms with E-state index < -0.39 is 67.0 Å². The Bertz CT molecular complexity index is 1780. The molecule has 1 aliphatic heterocycles. The van der Waals surface area contributed by atoms with E-state index in [1.54, 1.807) is 6.08 Å². The number of benzene rings is 3. The summed E-state index contributed by atoms with van der Waals surface area (Å²) in [6.45, 7) is 3.19. The quantitative estimate of drug-likeness (QED) is 0.148. The molecule has 242 valence electrons.